The van der Waals surface area contributed by atoms with Gasteiger partial charge >= 0.3 is 5.97 Å². The zero-order chi connectivity index (χ0) is 22.6. The molecule has 0 aromatic heterocycles. The van der Waals surface area contributed by atoms with E-state index in [-0.39, 0.29) is 24.9 Å². The summed E-state index contributed by atoms with van der Waals surface area (Å²) < 4.78 is 44.7. The Hall–Kier alpha value is -3.11. The van der Waals surface area contributed by atoms with Crippen molar-refractivity contribution in [2.75, 3.05) is 18.4 Å². The minimum absolute atomic E-state index is 0.00640. The normalized spacial score (nSPS) is 17.1. The van der Waals surface area contributed by atoms with Crippen LogP contribution in [0.2, 0.25) is 0 Å². The van der Waals surface area contributed by atoms with E-state index in [0.29, 0.717) is 6.07 Å². The Labute approximate surface area is 170 Å². The third-order valence-electron chi connectivity index (χ3n) is 4.51. The molecule has 30 heavy (non-hydrogen) atoms. The molecular weight excluding hydrogens is 407 g/mol. The number of halogens is 3. The van der Waals surface area contributed by atoms with Gasteiger partial charge in [0.2, 0.25) is 11.8 Å². The van der Waals surface area contributed by atoms with Crippen LogP contribution in [0.3, 0.4) is 0 Å². The molecule has 164 valence electrons. The predicted molar refractivity (Wildman–Crippen MR) is 98.5 cm³/mol. The Morgan fingerprint density at radius 2 is 1.83 bits per heavy atom. The van der Waals surface area contributed by atoms with E-state index in [2.05, 4.69) is 5.32 Å². The molecule has 2 rings (SSSR count). The maximum Gasteiger partial charge on any atom is 0.312 e. The van der Waals surface area contributed by atoms with Crippen molar-refractivity contribution in [3.8, 4) is 0 Å². The first-order valence-electron chi connectivity index (χ1n) is 9.22. The SMILES string of the molecule is CC(OC(=O)C1CC(=O)N(C(C)C)C1)C(=O)NCC(=O)Nc1ccc(F)c(F)c1F. The number of carbonyl (C=O) groups excluding carboxylic acids is 4. The molecule has 0 aliphatic carbocycles. The van der Waals surface area contributed by atoms with Crippen LogP contribution in [-0.4, -0.2) is 53.8 Å². The van der Waals surface area contributed by atoms with Crippen molar-refractivity contribution in [1.29, 1.82) is 0 Å². The molecule has 1 aromatic carbocycles. The molecule has 1 aliphatic heterocycles. The Morgan fingerprint density at radius 1 is 1.17 bits per heavy atom. The molecule has 0 spiro atoms. The molecule has 11 heteroatoms. The number of anilines is 1. The summed E-state index contributed by atoms with van der Waals surface area (Å²) in [6.07, 6.45) is -1.25. The van der Waals surface area contributed by atoms with E-state index < -0.39 is 59.5 Å². The van der Waals surface area contributed by atoms with Crippen LogP contribution in [0.1, 0.15) is 27.2 Å². The van der Waals surface area contributed by atoms with Gasteiger partial charge in [0, 0.05) is 19.0 Å². The lowest BCUT2D eigenvalue weighted by Crippen LogP contribution is -2.41. The second-order valence-corrected chi connectivity index (χ2v) is 7.11. The van der Waals surface area contributed by atoms with E-state index in [1.54, 1.807) is 4.90 Å². The summed E-state index contributed by atoms with van der Waals surface area (Å²) in [5, 5.41) is 4.18. The number of benzene rings is 1. The van der Waals surface area contributed by atoms with Crippen molar-refractivity contribution in [2.24, 2.45) is 5.92 Å². The van der Waals surface area contributed by atoms with Gasteiger partial charge < -0.3 is 20.3 Å². The summed E-state index contributed by atoms with van der Waals surface area (Å²) >= 11 is 0. The molecule has 8 nitrogen and oxygen atoms in total. The van der Waals surface area contributed by atoms with E-state index in [1.807, 2.05) is 19.2 Å². The lowest BCUT2D eigenvalue weighted by molar-refractivity contribution is -0.158. The highest BCUT2D eigenvalue weighted by molar-refractivity contribution is 5.95. The summed E-state index contributed by atoms with van der Waals surface area (Å²) in [7, 11) is 0. The van der Waals surface area contributed by atoms with Crippen LogP contribution in [0, 0.1) is 23.4 Å². The van der Waals surface area contributed by atoms with Crippen LogP contribution in [0.25, 0.3) is 0 Å². The lowest BCUT2D eigenvalue weighted by atomic mass is 10.1. The number of hydrogen-bond donors (Lipinski definition) is 2. The summed E-state index contributed by atoms with van der Waals surface area (Å²) in [5.74, 6) is -7.98. The molecule has 1 saturated heterocycles. The Balaban J connectivity index is 1.82. The quantitative estimate of drug-likeness (QED) is 0.503. The van der Waals surface area contributed by atoms with Crippen LogP contribution in [0.15, 0.2) is 12.1 Å². The first-order chi connectivity index (χ1) is 14.0. The summed E-state index contributed by atoms with van der Waals surface area (Å²) in [4.78, 5) is 49.4. The molecule has 2 atom stereocenters. The molecule has 1 fully saturated rings. The van der Waals surface area contributed by atoms with Crippen molar-refractivity contribution in [1.82, 2.24) is 10.2 Å². The van der Waals surface area contributed by atoms with Crippen molar-refractivity contribution < 1.29 is 37.1 Å². The van der Waals surface area contributed by atoms with Crippen molar-refractivity contribution in [3.63, 3.8) is 0 Å². The van der Waals surface area contributed by atoms with E-state index in [0.717, 1.165) is 6.07 Å². The standard InChI is InChI=1S/C19H22F3N3O5/c1-9(2)25-8-11(6-15(25)27)19(29)30-10(3)18(28)23-7-14(26)24-13-5-4-12(20)16(21)17(13)22/h4-5,9-11H,6-8H2,1-3H3,(H,23,28)(H,24,26). The fourth-order valence-corrected chi connectivity index (χ4v) is 2.84. The molecule has 0 saturated carbocycles. The highest BCUT2D eigenvalue weighted by atomic mass is 19.2. The number of rotatable bonds is 7. The van der Waals surface area contributed by atoms with Crippen molar-refractivity contribution in [2.45, 2.75) is 39.3 Å². The molecule has 1 aromatic rings. The topological polar surface area (TPSA) is 105 Å². The Kier molecular flexibility index (Phi) is 7.41. The molecule has 1 aliphatic rings. The van der Waals surface area contributed by atoms with Gasteiger partial charge in [0.25, 0.3) is 5.91 Å². The summed E-state index contributed by atoms with van der Waals surface area (Å²) in [6.45, 7) is 4.50. The second-order valence-electron chi connectivity index (χ2n) is 7.11. The number of esters is 1. The van der Waals surface area contributed by atoms with Crippen LogP contribution in [0.4, 0.5) is 18.9 Å². The number of carbonyl (C=O) groups is 4. The highest BCUT2D eigenvalue weighted by Gasteiger charge is 2.37. The molecule has 0 bridgehead atoms. The minimum Gasteiger partial charge on any atom is -0.452 e. The third kappa shape index (κ3) is 5.49. The van der Waals surface area contributed by atoms with Gasteiger partial charge in [-0.1, -0.05) is 0 Å². The summed E-state index contributed by atoms with van der Waals surface area (Å²) in [5.41, 5.74) is -0.590. The molecule has 2 N–H and O–H groups in total. The molecule has 3 amide bonds. The van der Waals surface area contributed by atoms with Gasteiger partial charge in [0.05, 0.1) is 18.2 Å². The number of nitrogens with zero attached hydrogens (tertiary/aromatic N) is 1. The van der Waals surface area contributed by atoms with Gasteiger partial charge in [-0.2, -0.15) is 0 Å². The Morgan fingerprint density at radius 3 is 2.43 bits per heavy atom. The molecular formula is C19H22F3N3O5. The smallest absolute Gasteiger partial charge is 0.312 e. The van der Waals surface area contributed by atoms with E-state index >= 15 is 0 Å². The molecule has 2 unspecified atom stereocenters. The van der Waals surface area contributed by atoms with Crippen LogP contribution in [0.5, 0.6) is 0 Å². The minimum atomic E-state index is -1.74. The second kappa shape index (κ2) is 9.59. The van der Waals surface area contributed by atoms with Gasteiger partial charge in [-0.25, -0.2) is 13.2 Å². The van der Waals surface area contributed by atoms with E-state index in [9.17, 15) is 32.3 Å². The zero-order valence-electron chi connectivity index (χ0n) is 16.6. The van der Waals surface area contributed by atoms with Gasteiger partial charge in [0.1, 0.15) is 0 Å². The maximum atomic E-state index is 13.5. The van der Waals surface area contributed by atoms with Gasteiger partial charge in [-0.3, -0.25) is 19.2 Å². The maximum absolute atomic E-state index is 13.5. The first kappa shape index (κ1) is 23.2. The first-order valence-corrected chi connectivity index (χ1v) is 9.22. The number of likely N-dealkylation sites (tertiary alicyclic amines) is 1. The largest absolute Gasteiger partial charge is 0.452 e. The van der Waals surface area contributed by atoms with Gasteiger partial charge in [-0.05, 0) is 32.9 Å². The zero-order valence-corrected chi connectivity index (χ0v) is 16.6. The van der Waals surface area contributed by atoms with E-state index in [4.69, 9.17) is 4.74 Å². The number of amides is 3. The molecule has 1 heterocycles. The lowest BCUT2D eigenvalue weighted by Gasteiger charge is -2.21. The number of hydrogen-bond acceptors (Lipinski definition) is 5. The van der Waals surface area contributed by atoms with Gasteiger partial charge in [-0.15, -0.1) is 0 Å². The van der Waals surface area contributed by atoms with Crippen LogP contribution in [-0.2, 0) is 23.9 Å². The third-order valence-corrected chi connectivity index (χ3v) is 4.51. The van der Waals surface area contributed by atoms with Crippen LogP contribution < -0.4 is 10.6 Å². The average Bonchev–Trinajstić information content (AvgIpc) is 3.08. The predicted octanol–water partition coefficient (Wildman–Crippen LogP) is 1.35. The highest BCUT2D eigenvalue weighted by Crippen LogP contribution is 2.22. The Bertz CT molecular complexity index is 862. The summed E-state index contributed by atoms with van der Waals surface area (Å²) in [6, 6.07) is 1.41. The number of ether oxygens (including phenoxy) is 1. The van der Waals surface area contributed by atoms with E-state index in [1.165, 1.54) is 6.92 Å². The van der Waals surface area contributed by atoms with Crippen LogP contribution >= 0.6 is 0 Å². The fraction of sp³-hybridized carbons (Fsp3) is 0.474. The fourth-order valence-electron chi connectivity index (χ4n) is 2.84. The molecule has 0 radical (unpaired) electrons. The van der Waals surface area contributed by atoms with Crippen molar-refractivity contribution in [3.05, 3.63) is 29.6 Å². The number of nitrogens with one attached hydrogen (secondary N) is 2. The average molecular weight is 429 g/mol. The monoisotopic (exact) mass is 429 g/mol. The van der Waals surface area contributed by atoms with Gasteiger partial charge in [0.15, 0.2) is 23.6 Å². The van der Waals surface area contributed by atoms with Crippen molar-refractivity contribution >= 4 is 29.4 Å².